The number of hydrogen-bond acceptors (Lipinski definition) is 3. The molecule has 0 saturated heterocycles. The molecule has 2 rings (SSSR count). The van der Waals surface area contributed by atoms with E-state index in [4.69, 9.17) is 16.0 Å². The fourth-order valence-corrected chi connectivity index (χ4v) is 2.18. The first-order valence-corrected chi connectivity index (χ1v) is 7.67. The predicted octanol–water partition coefficient (Wildman–Crippen LogP) is 4.69. The van der Waals surface area contributed by atoms with Crippen LogP contribution in [0.1, 0.15) is 26.7 Å². The fourth-order valence-electron chi connectivity index (χ4n) is 1.75. The standard InChI is InChI=1S/C15H18BrClN2O/c1-15(2,3)19-7-6-14-18-9-13(20-14)10-4-5-11(16)12(17)8-10/h4-5,8-9,19H,6-7H2,1-3H3. The van der Waals surface area contributed by atoms with E-state index >= 15 is 0 Å². The Morgan fingerprint density at radius 3 is 2.75 bits per heavy atom. The van der Waals surface area contributed by atoms with Gasteiger partial charge in [0.15, 0.2) is 11.7 Å². The van der Waals surface area contributed by atoms with Crippen LogP contribution in [0.25, 0.3) is 11.3 Å². The second-order valence-corrected chi connectivity index (χ2v) is 6.94. The summed E-state index contributed by atoms with van der Waals surface area (Å²) in [6.07, 6.45) is 2.51. The zero-order chi connectivity index (χ0) is 14.8. The normalized spacial score (nSPS) is 11.8. The lowest BCUT2D eigenvalue weighted by Crippen LogP contribution is -2.37. The smallest absolute Gasteiger partial charge is 0.196 e. The summed E-state index contributed by atoms with van der Waals surface area (Å²) in [6, 6.07) is 5.72. The summed E-state index contributed by atoms with van der Waals surface area (Å²) in [5.74, 6) is 1.47. The lowest BCUT2D eigenvalue weighted by molar-refractivity contribution is 0.412. The van der Waals surface area contributed by atoms with Gasteiger partial charge in [-0.3, -0.25) is 0 Å². The first-order valence-electron chi connectivity index (χ1n) is 6.50. The van der Waals surface area contributed by atoms with E-state index in [2.05, 4.69) is 47.0 Å². The van der Waals surface area contributed by atoms with Gasteiger partial charge in [0.25, 0.3) is 0 Å². The van der Waals surface area contributed by atoms with E-state index in [0.29, 0.717) is 5.02 Å². The van der Waals surface area contributed by atoms with Crippen molar-refractivity contribution in [1.29, 1.82) is 0 Å². The Morgan fingerprint density at radius 2 is 2.10 bits per heavy atom. The van der Waals surface area contributed by atoms with Crippen molar-refractivity contribution in [1.82, 2.24) is 10.3 Å². The minimum Gasteiger partial charge on any atom is -0.441 e. The summed E-state index contributed by atoms with van der Waals surface area (Å²) >= 11 is 9.46. The second kappa shape index (κ2) is 6.29. The Morgan fingerprint density at radius 1 is 1.35 bits per heavy atom. The van der Waals surface area contributed by atoms with Crippen LogP contribution in [0.2, 0.25) is 5.02 Å². The summed E-state index contributed by atoms with van der Waals surface area (Å²) in [5, 5.41) is 4.07. The number of rotatable bonds is 4. The van der Waals surface area contributed by atoms with Crippen molar-refractivity contribution >= 4 is 27.5 Å². The molecular weight excluding hydrogens is 340 g/mol. The van der Waals surface area contributed by atoms with E-state index in [-0.39, 0.29) is 5.54 Å². The molecule has 0 spiro atoms. The van der Waals surface area contributed by atoms with Crippen molar-refractivity contribution in [3.05, 3.63) is 39.8 Å². The SMILES string of the molecule is CC(C)(C)NCCc1ncc(-c2ccc(Br)c(Cl)c2)o1. The third-order valence-electron chi connectivity index (χ3n) is 2.75. The number of halogens is 2. The van der Waals surface area contributed by atoms with Gasteiger partial charge >= 0.3 is 0 Å². The molecule has 0 aliphatic carbocycles. The Kier molecular flexibility index (Phi) is 4.89. The molecule has 0 unspecified atom stereocenters. The third-order valence-corrected chi connectivity index (χ3v) is 3.98. The average Bonchev–Trinajstić information content (AvgIpc) is 2.80. The topological polar surface area (TPSA) is 38.1 Å². The van der Waals surface area contributed by atoms with Gasteiger partial charge in [0.1, 0.15) is 0 Å². The lowest BCUT2D eigenvalue weighted by Gasteiger charge is -2.19. The van der Waals surface area contributed by atoms with Crippen LogP contribution in [0.5, 0.6) is 0 Å². The maximum Gasteiger partial charge on any atom is 0.196 e. The fraction of sp³-hybridized carbons (Fsp3) is 0.400. The van der Waals surface area contributed by atoms with Crippen molar-refractivity contribution in [2.24, 2.45) is 0 Å². The maximum atomic E-state index is 6.09. The summed E-state index contributed by atoms with van der Waals surface area (Å²) in [5.41, 5.74) is 1.04. The first-order chi connectivity index (χ1) is 9.35. The molecule has 3 nitrogen and oxygen atoms in total. The highest BCUT2D eigenvalue weighted by molar-refractivity contribution is 9.10. The number of hydrogen-bond donors (Lipinski definition) is 1. The average molecular weight is 358 g/mol. The van der Waals surface area contributed by atoms with E-state index < -0.39 is 0 Å². The van der Waals surface area contributed by atoms with E-state index in [1.54, 1.807) is 6.20 Å². The van der Waals surface area contributed by atoms with Gasteiger partial charge in [-0.2, -0.15) is 0 Å². The van der Waals surface area contributed by atoms with Gasteiger partial charge in [-0.05, 0) is 54.9 Å². The minimum absolute atomic E-state index is 0.106. The van der Waals surface area contributed by atoms with Gasteiger partial charge in [0.05, 0.1) is 11.2 Å². The number of oxazole rings is 1. The minimum atomic E-state index is 0.106. The van der Waals surface area contributed by atoms with Crippen LogP contribution in [0.3, 0.4) is 0 Å². The molecule has 0 aliphatic rings. The molecule has 0 atom stereocenters. The van der Waals surface area contributed by atoms with Gasteiger partial charge in [-0.1, -0.05) is 11.6 Å². The molecule has 0 radical (unpaired) electrons. The summed E-state index contributed by atoms with van der Waals surface area (Å²) in [7, 11) is 0. The zero-order valence-corrected chi connectivity index (χ0v) is 14.2. The van der Waals surface area contributed by atoms with Crippen molar-refractivity contribution in [2.75, 3.05) is 6.54 Å². The van der Waals surface area contributed by atoms with Crippen molar-refractivity contribution in [2.45, 2.75) is 32.7 Å². The molecule has 1 N–H and O–H groups in total. The molecule has 0 bridgehead atoms. The molecule has 5 heteroatoms. The Balaban J connectivity index is 2.03. The van der Waals surface area contributed by atoms with E-state index in [1.807, 2.05) is 18.2 Å². The molecule has 0 fully saturated rings. The van der Waals surface area contributed by atoms with Gasteiger partial charge < -0.3 is 9.73 Å². The highest BCUT2D eigenvalue weighted by Crippen LogP contribution is 2.29. The number of aromatic nitrogens is 1. The largest absolute Gasteiger partial charge is 0.441 e. The van der Waals surface area contributed by atoms with E-state index in [9.17, 15) is 0 Å². The van der Waals surface area contributed by atoms with Gasteiger partial charge in [0, 0.05) is 28.5 Å². The van der Waals surface area contributed by atoms with E-state index in [0.717, 1.165) is 34.7 Å². The Bertz CT molecular complexity index is 590. The second-order valence-electron chi connectivity index (χ2n) is 5.67. The summed E-state index contributed by atoms with van der Waals surface area (Å²) in [6.45, 7) is 7.25. The molecule has 20 heavy (non-hydrogen) atoms. The van der Waals surface area contributed by atoms with Crippen LogP contribution in [0, 0.1) is 0 Å². The first kappa shape index (κ1) is 15.5. The van der Waals surface area contributed by atoms with E-state index in [1.165, 1.54) is 0 Å². The van der Waals surface area contributed by atoms with Crippen LogP contribution >= 0.6 is 27.5 Å². The molecule has 1 heterocycles. The predicted molar refractivity (Wildman–Crippen MR) is 86.1 cm³/mol. The van der Waals surface area contributed by atoms with Crippen molar-refractivity contribution in [3.8, 4) is 11.3 Å². The highest BCUT2D eigenvalue weighted by atomic mass is 79.9. The van der Waals surface area contributed by atoms with Crippen LogP contribution < -0.4 is 5.32 Å². The van der Waals surface area contributed by atoms with Crippen LogP contribution in [0.4, 0.5) is 0 Å². The zero-order valence-electron chi connectivity index (χ0n) is 11.8. The van der Waals surface area contributed by atoms with Gasteiger partial charge in [-0.25, -0.2) is 4.98 Å². The Hall–Kier alpha value is -0.840. The van der Waals surface area contributed by atoms with Crippen molar-refractivity contribution in [3.63, 3.8) is 0 Å². The summed E-state index contributed by atoms with van der Waals surface area (Å²) in [4.78, 5) is 4.30. The molecule has 1 aromatic heterocycles. The summed E-state index contributed by atoms with van der Waals surface area (Å²) < 4.78 is 6.63. The van der Waals surface area contributed by atoms with Crippen LogP contribution in [-0.4, -0.2) is 17.1 Å². The quantitative estimate of drug-likeness (QED) is 0.862. The molecular formula is C15H18BrClN2O. The van der Waals surface area contributed by atoms with Crippen LogP contribution in [0.15, 0.2) is 33.3 Å². The van der Waals surface area contributed by atoms with Gasteiger partial charge in [-0.15, -0.1) is 0 Å². The third kappa shape index (κ3) is 4.33. The number of nitrogens with one attached hydrogen (secondary N) is 1. The molecule has 0 saturated carbocycles. The van der Waals surface area contributed by atoms with Gasteiger partial charge in [0.2, 0.25) is 0 Å². The molecule has 1 aromatic carbocycles. The van der Waals surface area contributed by atoms with Crippen LogP contribution in [-0.2, 0) is 6.42 Å². The molecule has 0 aliphatic heterocycles. The molecule has 108 valence electrons. The number of nitrogens with zero attached hydrogens (tertiary/aromatic N) is 1. The van der Waals surface area contributed by atoms with Crippen molar-refractivity contribution < 1.29 is 4.42 Å². The molecule has 0 amide bonds. The highest BCUT2D eigenvalue weighted by Gasteiger charge is 2.11. The monoisotopic (exact) mass is 356 g/mol. The number of benzene rings is 1. The maximum absolute atomic E-state index is 6.09. The molecule has 2 aromatic rings. The lowest BCUT2D eigenvalue weighted by atomic mass is 10.1. The Labute approximate surface area is 132 Å².